The highest BCUT2D eigenvalue weighted by atomic mass is 19.1. The van der Waals surface area contributed by atoms with Gasteiger partial charge in [-0.2, -0.15) is 0 Å². The van der Waals surface area contributed by atoms with Crippen LogP contribution < -0.4 is 5.32 Å². The first-order chi connectivity index (χ1) is 14.6. The largest absolute Gasteiger partial charge is 0.326 e. The van der Waals surface area contributed by atoms with Crippen molar-refractivity contribution in [3.63, 3.8) is 0 Å². The molecule has 4 nitrogen and oxygen atoms in total. The third kappa shape index (κ3) is 5.08. The van der Waals surface area contributed by atoms with E-state index in [0.717, 1.165) is 49.3 Å². The van der Waals surface area contributed by atoms with E-state index in [-0.39, 0.29) is 17.6 Å². The molecule has 0 radical (unpaired) electrons. The molecule has 4 rings (SSSR count). The van der Waals surface area contributed by atoms with E-state index in [2.05, 4.69) is 22.0 Å². The lowest BCUT2D eigenvalue weighted by molar-refractivity contribution is -0.121. The van der Waals surface area contributed by atoms with Crippen LogP contribution in [-0.2, 0) is 4.79 Å². The molecule has 1 N–H and O–H groups in total. The van der Waals surface area contributed by atoms with Crippen LogP contribution in [0.3, 0.4) is 0 Å². The second kappa shape index (κ2) is 9.71. The van der Waals surface area contributed by atoms with Crippen molar-refractivity contribution in [3.8, 4) is 11.1 Å². The van der Waals surface area contributed by atoms with Gasteiger partial charge in [0.15, 0.2) is 0 Å². The Bertz CT molecular complexity index is 855. The Morgan fingerprint density at radius 3 is 2.30 bits per heavy atom. The maximum Gasteiger partial charge on any atom is 0.227 e. The monoisotopic (exact) mass is 409 g/mol. The van der Waals surface area contributed by atoms with E-state index in [4.69, 9.17) is 0 Å². The predicted molar refractivity (Wildman–Crippen MR) is 120 cm³/mol. The number of nitrogens with zero attached hydrogens (tertiary/aromatic N) is 2. The first kappa shape index (κ1) is 21.0. The Morgan fingerprint density at radius 1 is 0.967 bits per heavy atom. The summed E-state index contributed by atoms with van der Waals surface area (Å²) in [4.78, 5) is 18.0. The number of nitrogens with one attached hydrogen (secondary N) is 1. The number of rotatable bonds is 5. The molecule has 160 valence electrons. The molecule has 0 unspecified atom stereocenters. The van der Waals surface area contributed by atoms with Gasteiger partial charge in [-0.3, -0.25) is 4.79 Å². The molecule has 2 aromatic carbocycles. The molecule has 2 aliphatic heterocycles. The molecular weight excluding hydrogens is 377 g/mol. The summed E-state index contributed by atoms with van der Waals surface area (Å²) in [5.74, 6) is -0.0873. The topological polar surface area (TPSA) is 35.6 Å². The number of likely N-dealkylation sites (tertiary alicyclic amines) is 2. The van der Waals surface area contributed by atoms with Crippen molar-refractivity contribution in [3.05, 3.63) is 54.3 Å². The molecule has 2 aromatic rings. The van der Waals surface area contributed by atoms with Crippen molar-refractivity contribution in [1.29, 1.82) is 0 Å². The van der Waals surface area contributed by atoms with Gasteiger partial charge in [0, 0.05) is 17.6 Å². The van der Waals surface area contributed by atoms with Crippen molar-refractivity contribution in [2.75, 3.05) is 38.0 Å². The highest BCUT2D eigenvalue weighted by molar-refractivity contribution is 5.93. The van der Waals surface area contributed by atoms with Crippen molar-refractivity contribution < 1.29 is 9.18 Å². The van der Waals surface area contributed by atoms with E-state index in [9.17, 15) is 9.18 Å². The van der Waals surface area contributed by atoms with Gasteiger partial charge >= 0.3 is 0 Å². The number of carbonyl (C=O) groups is 1. The second-order valence-corrected chi connectivity index (χ2v) is 8.56. The molecule has 2 fully saturated rings. The fourth-order valence-electron chi connectivity index (χ4n) is 4.82. The first-order valence-corrected chi connectivity index (χ1v) is 11.3. The molecule has 5 heteroatoms. The number of benzene rings is 2. The molecule has 0 spiro atoms. The molecule has 2 saturated heterocycles. The number of hydrogen-bond acceptors (Lipinski definition) is 3. The van der Waals surface area contributed by atoms with Gasteiger partial charge in [0.2, 0.25) is 5.91 Å². The maximum absolute atomic E-state index is 13.5. The fourth-order valence-corrected chi connectivity index (χ4v) is 4.82. The Kier molecular flexibility index (Phi) is 6.80. The average Bonchev–Trinajstić information content (AvgIpc) is 2.79. The minimum absolute atomic E-state index is 0.0646. The normalized spacial score (nSPS) is 19.7. The molecule has 1 amide bonds. The van der Waals surface area contributed by atoms with Crippen LogP contribution in [-0.4, -0.2) is 54.5 Å². The number of piperidine rings is 2. The van der Waals surface area contributed by atoms with Gasteiger partial charge in [-0.1, -0.05) is 31.2 Å². The van der Waals surface area contributed by atoms with Crippen LogP contribution in [0.4, 0.5) is 10.1 Å². The summed E-state index contributed by atoms with van der Waals surface area (Å²) >= 11 is 0. The smallest absolute Gasteiger partial charge is 0.227 e. The summed E-state index contributed by atoms with van der Waals surface area (Å²) in [7, 11) is 0. The Hall–Kier alpha value is -2.24. The Morgan fingerprint density at radius 2 is 1.63 bits per heavy atom. The molecule has 30 heavy (non-hydrogen) atoms. The zero-order valence-corrected chi connectivity index (χ0v) is 17.8. The summed E-state index contributed by atoms with van der Waals surface area (Å²) in [6.07, 6.45) is 4.34. The van der Waals surface area contributed by atoms with Gasteiger partial charge in [-0.05, 0) is 93.8 Å². The highest BCUT2D eigenvalue weighted by Gasteiger charge is 2.30. The van der Waals surface area contributed by atoms with E-state index >= 15 is 0 Å². The molecule has 2 aliphatic rings. The second-order valence-electron chi connectivity index (χ2n) is 8.56. The van der Waals surface area contributed by atoms with Crippen LogP contribution >= 0.6 is 0 Å². The summed E-state index contributed by atoms with van der Waals surface area (Å²) < 4.78 is 13.5. The minimum Gasteiger partial charge on any atom is -0.326 e. The first-order valence-electron chi connectivity index (χ1n) is 11.3. The van der Waals surface area contributed by atoms with Gasteiger partial charge in [0.25, 0.3) is 0 Å². The zero-order valence-electron chi connectivity index (χ0n) is 17.8. The minimum atomic E-state index is -0.255. The average molecular weight is 410 g/mol. The third-order valence-corrected chi connectivity index (χ3v) is 6.71. The van der Waals surface area contributed by atoms with Gasteiger partial charge in [0.05, 0.1) is 0 Å². The number of halogens is 1. The van der Waals surface area contributed by atoms with Gasteiger partial charge in [-0.25, -0.2) is 4.39 Å². The maximum atomic E-state index is 13.5. The van der Waals surface area contributed by atoms with Gasteiger partial charge < -0.3 is 15.1 Å². The molecule has 2 heterocycles. The lowest BCUT2D eigenvalue weighted by Gasteiger charge is -2.41. The summed E-state index contributed by atoms with van der Waals surface area (Å²) in [5, 5.41) is 3.09. The summed E-state index contributed by atoms with van der Waals surface area (Å²) in [5.41, 5.74) is 2.49. The number of hydrogen-bond donors (Lipinski definition) is 1. The fraction of sp³-hybridized carbons (Fsp3) is 0.480. The van der Waals surface area contributed by atoms with E-state index in [1.807, 2.05) is 30.3 Å². The van der Waals surface area contributed by atoms with Crippen LogP contribution in [0, 0.1) is 11.7 Å². The molecule has 0 saturated carbocycles. The van der Waals surface area contributed by atoms with Crippen molar-refractivity contribution >= 4 is 11.6 Å². The van der Waals surface area contributed by atoms with E-state index < -0.39 is 0 Å². The number of carbonyl (C=O) groups excluding carboxylic acids is 1. The summed E-state index contributed by atoms with van der Waals surface area (Å²) in [6, 6.07) is 14.9. The van der Waals surface area contributed by atoms with Crippen LogP contribution in [0.15, 0.2) is 48.5 Å². The van der Waals surface area contributed by atoms with Crippen molar-refractivity contribution in [2.45, 2.75) is 38.6 Å². The van der Waals surface area contributed by atoms with Crippen molar-refractivity contribution in [2.24, 2.45) is 5.92 Å². The third-order valence-electron chi connectivity index (χ3n) is 6.71. The highest BCUT2D eigenvalue weighted by Crippen LogP contribution is 2.27. The van der Waals surface area contributed by atoms with Crippen LogP contribution in [0.2, 0.25) is 0 Å². The lowest BCUT2D eigenvalue weighted by Crippen LogP contribution is -2.48. The van der Waals surface area contributed by atoms with E-state index in [0.29, 0.717) is 6.04 Å². The van der Waals surface area contributed by atoms with Gasteiger partial charge in [0.1, 0.15) is 5.82 Å². The molecule has 0 bridgehead atoms. The molecule has 0 atom stereocenters. The van der Waals surface area contributed by atoms with Crippen LogP contribution in [0.25, 0.3) is 11.1 Å². The number of amides is 1. The van der Waals surface area contributed by atoms with Crippen LogP contribution in [0.5, 0.6) is 0 Å². The van der Waals surface area contributed by atoms with Crippen molar-refractivity contribution in [1.82, 2.24) is 9.80 Å². The van der Waals surface area contributed by atoms with Crippen LogP contribution in [0.1, 0.15) is 32.6 Å². The lowest BCUT2D eigenvalue weighted by atomic mass is 9.92. The Labute approximate surface area is 179 Å². The van der Waals surface area contributed by atoms with Gasteiger partial charge in [-0.15, -0.1) is 0 Å². The quantitative estimate of drug-likeness (QED) is 0.782. The molecule has 0 aromatic heterocycles. The van der Waals surface area contributed by atoms with E-state index in [1.54, 1.807) is 6.07 Å². The molecule has 0 aliphatic carbocycles. The zero-order chi connectivity index (χ0) is 20.9. The Balaban J connectivity index is 1.31. The molecular formula is C25H32FN3O. The van der Waals surface area contributed by atoms with E-state index in [1.165, 1.54) is 38.1 Å². The number of anilines is 1. The summed E-state index contributed by atoms with van der Waals surface area (Å²) in [6.45, 7) is 7.80. The SMILES string of the molecule is CCN1CCC(N2CCC(C(=O)Nc3cccc(-c4cccc(F)c4)c3)CC2)CC1. The predicted octanol–water partition coefficient (Wildman–Crippen LogP) is 4.63. The standard InChI is InChI=1S/C25H32FN3O/c1-2-28-13-11-24(12-14-28)29-15-9-19(10-16-29)25(30)27-23-8-4-6-21(18-23)20-5-3-7-22(26)17-20/h3-8,17-19,24H,2,9-16H2,1H3,(H,27,30).